The lowest BCUT2D eigenvalue weighted by Crippen LogP contribution is -2.28. The second-order valence-corrected chi connectivity index (χ2v) is 5.04. The molecule has 92 valence electrons. The fourth-order valence-electron chi connectivity index (χ4n) is 2.45. The van der Waals surface area contributed by atoms with Gasteiger partial charge in [0.15, 0.2) is 11.2 Å². The summed E-state index contributed by atoms with van der Waals surface area (Å²) in [6, 6.07) is 0. The van der Waals surface area contributed by atoms with Crippen LogP contribution in [-0.2, 0) is 0 Å². The Morgan fingerprint density at radius 3 is 2.56 bits per heavy atom. The minimum Gasteiger partial charge on any atom is -0.453 e. The number of aromatic nitrogens is 1. The predicted molar refractivity (Wildman–Crippen MR) is 71.0 cm³/mol. The first-order valence-corrected chi connectivity index (χ1v) is 6.13. The minimum absolute atomic E-state index is 0.0560. The van der Waals surface area contributed by atoms with E-state index in [1.807, 2.05) is 19.9 Å². The predicted octanol–water partition coefficient (Wildman–Crippen LogP) is 1.28. The molecular formula is C15H15NO2. The highest BCUT2D eigenvalue weighted by Crippen LogP contribution is 2.24. The zero-order valence-electron chi connectivity index (χ0n) is 11.0. The molecule has 3 heteroatoms. The van der Waals surface area contributed by atoms with Crippen LogP contribution in [0.1, 0.15) is 23.6 Å². The van der Waals surface area contributed by atoms with Crippen LogP contribution in [0.4, 0.5) is 0 Å². The number of benzene rings is 1. The van der Waals surface area contributed by atoms with Crippen molar-refractivity contribution in [3.8, 4) is 11.5 Å². The molecule has 0 saturated carbocycles. The van der Waals surface area contributed by atoms with Crippen LogP contribution in [0.25, 0.3) is 23.6 Å². The van der Waals surface area contributed by atoms with E-state index in [1.54, 1.807) is 6.92 Å². The molecule has 0 aromatic rings. The van der Waals surface area contributed by atoms with Crippen molar-refractivity contribution in [3.05, 3.63) is 37.7 Å². The van der Waals surface area contributed by atoms with Gasteiger partial charge in [-0.05, 0) is 44.4 Å². The van der Waals surface area contributed by atoms with Crippen LogP contribution in [0.2, 0.25) is 0 Å². The monoisotopic (exact) mass is 241 g/mol. The molecule has 0 spiro atoms. The molecule has 3 aliphatic rings. The van der Waals surface area contributed by atoms with Crippen LogP contribution in [0.3, 0.4) is 0 Å². The van der Waals surface area contributed by atoms with Crippen molar-refractivity contribution in [2.24, 2.45) is 5.92 Å². The Balaban J connectivity index is 2.57. The Kier molecular flexibility index (Phi) is 2.21. The zero-order valence-corrected chi connectivity index (χ0v) is 11.0. The molecule has 0 fully saturated rings. The van der Waals surface area contributed by atoms with Gasteiger partial charge in [-0.25, -0.2) is 4.98 Å². The minimum atomic E-state index is 0.0560. The van der Waals surface area contributed by atoms with Crippen LogP contribution in [-0.4, -0.2) is 4.98 Å². The molecule has 0 aromatic carbocycles. The molecule has 1 atom stereocenters. The molecule has 1 unspecified atom stereocenters. The van der Waals surface area contributed by atoms with Crippen molar-refractivity contribution in [3.63, 3.8) is 0 Å². The van der Waals surface area contributed by atoms with Gasteiger partial charge in [-0.3, -0.25) is 4.79 Å². The third kappa shape index (κ3) is 1.37. The van der Waals surface area contributed by atoms with Crippen molar-refractivity contribution in [1.29, 1.82) is 0 Å². The van der Waals surface area contributed by atoms with E-state index in [0.717, 1.165) is 27.6 Å². The fraction of sp³-hybridized carbons (Fsp3) is 0.333. The largest absolute Gasteiger partial charge is 0.453 e. The number of hydrogen-bond acceptors (Lipinski definition) is 3. The summed E-state index contributed by atoms with van der Waals surface area (Å²) in [5, 5.41) is 0.885. The lowest BCUT2D eigenvalue weighted by molar-refractivity contribution is 0.510. The van der Waals surface area contributed by atoms with Gasteiger partial charge >= 0.3 is 0 Å². The van der Waals surface area contributed by atoms with E-state index < -0.39 is 0 Å². The van der Waals surface area contributed by atoms with Gasteiger partial charge in [0.05, 0.1) is 0 Å². The lowest BCUT2D eigenvalue weighted by Gasteiger charge is -2.11. The molecule has 0 radical (unpaired) electrons. The standard InChI is InChI=1S/C15H15NO2/c1-7-5-11-12(6-7)18-15-10(4)14(17)9(3)8(2)13(15)16-11/h5-7H,1-4H3. The van der Waals surface area contributed by atoms with Crippen LogP contribution in [0.15, 0.2) is 9.21 Å². The Labute approximate surface area is 105 Å². The SMILES string of the molecule is Cc1c2nc3c(oc-2c(C)c(=O)c1C)=CC(C)C=3. The molecule has 18 heavy (non-hydrogen) atoms. The van der Waals surface area contributed by atoms with Gasteiger partial charge in [-0.2, -0.15) is 0 Å². The average Bonchev–Trinajstić information content (AvgIpc) is 2.71. The summed E-state index contributed by atoms with van der Waals surface area (Å²) < 4.78 is 5.87. The molecule has 0 aromatic heterocycles. The first-order chi connectivity index (χ1) is 8.49. The van der Waals surface area contributed by atoms with Crippen LogP contribution in [0.5, 0.6) is 0 Å². The van der Waals surface area contributed by atoms with Crippen LogP contribution in [0, 0.1) is 26.7 Å². The summed E-state index contributed by atoms with van der Waals surface area (Å²) in [5.41, 5.74) is 3.97. The van der Waals surface area contributed by atoms with E-state index in [4.69, 9.17) is 4.42 Å². The lowest BCUT2D eigenvalue weighted by atomic mass is 9.99. The molecule has 2 aliphatic carbocycles. The van der Waals surface area contributed by atoms with Crippen LogP contribution >= 0.6 is 0 Å². The third-order valence-electron chi connectivity index (χ3n) is 3.69. The number of hydrogen-bond donors (Lipinski definition) is 0. The first-order valence-electron chi connectivity index (χ1n) is 6.13. The number of nitrogens with zero attached hydrogens (tertiary/aromatic N) is 1. The van der Waals surface area contributed by atoms with Gasteiger partial charge in [0.2, 0.25) is 0 Å². The highest BCUT2D eigenvalue weighted by Gasteiger charge is 2.20. The fourth-order valence-corrected chi connectivity index (χ4v) is 2.45. The van der Waals surface area contributed by atoms with Crippen molar-refractivity contribution in [2.75, 3.05) is 0 Å². The third-order valence-corrected chi connectivity index (χ3v) is 3.69. The summed E-state index contributed by atoms with van der Waals surface area (Å²) >= 11 is 0. The molecule has 0 bridgehead atoms. The van der Waals surface area contributed by atoms with Crippen LogP contribution < -0.4 is 16.2 Å². The van der Waals surface area contributed by atoms with Gasteiger partial charge in [-0.15, -0.1) is 0 Å². The van der Waals surface area contributed by atoms with E-state index >= 15 is 0 Å². The quantitative estimate of drug-likeness (QED) is 0.697. The molecule has 0 N–H and O–H groups in total. The molecule has 3 rings (SSSR count). The van der Waals surface area contributed by atoms with Gasteiger partial charge < -0.3 is 4.42 Å². The van der Waals surface area contributed by atoms with Crippen molar-refractivity contribution in [2.45, 2.75) is 27.7 Å². The van der Waals surface area contributed by atoms with E-state index in [2.05, 4.69) is 18.0 Å². The van der Waals surface area contributed by atoms with Crippen molar-refractivity contribution in [1.82, 2.24) is 4.98 Å². The summed E-state index contributed by atoms with van der Waals surface area (Å²) in [7, 11) is 0. The van der Waals surface area contributed by atoms with Gasteiger partial charge in [0.1, 0.15) is 16.5 Å². The van der Waals surface area contributed by atoms with E-state index in [-0.39, 0.29) is 5.43 Å². The van der Waals surface area contributed by atoms with Gasteiger partial charge in [0.25, 0.3) is 0 Å². The second-order valence-electron chi connectivity index (χ2n) is 5.04. The van der Waals surface area contributed by atoms with Gasteiger partial charge in [-0.1, -0.05) is 6.92 Å². The van der Waals surface area contributed by atoms with Crippen molar-refractivity contribution < 1.29 is 4.42 Å². The highest BCUT2D eigenvalue weighted by molar-refractivity contribution is 5.65. The average molecular weight is 241 g/mol. The normalized spacial score (nSPS) is 17.4. The maximum atomic E-state index is 12.1. The number of rotatable bonds is 0. The highest BCUT2D eigenvalue weighted by atomic mass is 16.3. The zero-order chi connectivity index (χ0) is 13.0. The maximum Gasteiger partial charge on any atom is 0.188 e. The summed E-state index contributed by atoms with van der Waals surface area (Å²) in [5.74, 6) is 0.960. The topological polar surface area (TPSA) is 43.1 Å². The smallest absolute Gasteiger partial charge is 0.188 e. The van der Waals surface area contributed by atoms with Gasteiger partial charge in [0, 0.05) is 11.1 Å². The van der Waals surface area contributed by atoms with E-state index in [0.29, 0.717) is 17.2 Å². The molecule has 1 aliphatic heterocycles. The summed E-state index contributed by atoms with van der Waals surface area (Å²) in [6.07, 6.45) is 4.11. The molecule has 0 amide bonds. The number of fused-ring (bicyclic) bond motifs is 2. The van der Waals surface area contributed by atoms with E-state index in [9.17, 15) is 4.79 Å². The summed E-state index contributed by atoms with van der Waals surface area (Å²) in [6.45, 7) is 7.66. The Morgan fingerprint density at radius 2 is 1.83 bits per heavy atom. The Hall–Kier alpha value is -1.90. The van der Waals surface area contributed by atoms with E-state index in [1.165, 1.54) is 0 Å². The molecular weight excluding hydrogens is 226 g/mol. The maximum absolute atomic E-state index is 12.1. The second kappa shape index (κ2) is 3.55. The first kappa shape index (κ1) is 11.2. The Bertz CT molecular complexity index is 799. The molecule has 3 nitrogen and oxygen atoms in total. The Morgan fingerprint density at radius 1 is 1.11 bits per heavy atom. The van der Waals surface area contributed by atoms with Crippen molar-refractivity contribution >= 4 is 12.2 Å². The molecule has 0 saturated heterocycles. The molecule has 1 heterocycles. The summed E-state index contributed by atoms with van der Waals surface area (Å²) in [4.78, 5) is 16.7.